The first kappa shape index (κ1) is 16.4. The largest absolute Gasteiger partial charge is 0.480 e. The number of carbonyl (C=O) groups is 1. The maximum Gasteiger partial charge on any atom is 0.258 e. The highest BCUT2D eigenvalue weighted by Gasteiger charge is 2.14. The molecule has 0 saturated heterocycles. The van der Waals surface area contributed by atoms with Crippen molar-refractivity contribution < 1.29 is 13.9 Å². The average molecular weight is 282 g/mol. The second-order valence-corrected chi connectivity index (χ2v) is 5.16. The highest BCUT2D eigenvalue weighted by Crippen LogP contribution is 2.22. The van der Waals surface area contributed by atoms with Crippen molar-refractivity contribution in [2.45, 2.75) is 33.2 Å². The monoisotopic (exact) mass is 282 g/mol. The average Bonchev–Trinajstić information content (AvgIpc) is 2.38. The van der Waals surface area contributed by atoms with Crippen molar-refractivity contribution in [2.24, 2.45) is 11.7 Å². The van der Waals surface area contributed by atoms with E-state index in [9.17, 15) is 9.18 Å². The van der Waals surface area contributed by atoms with Gasteiger partial charge in [-0.1, -0.05) is 26.0 Å². The lowest BCUT2D eigenvalue weighted by atomic mass is 10.1. The normalized spacial score (nSPS) is 12.3. The molecule has 112 valence electrons. The van der Waals surface area contributed by atoms with Gasteiger partial charge in [0.25, 0.3) is 5.91 Å². The summed E-state index contributed by atoms with van der Waals surface area (Å²) >= 11 is 0. The van der Waals surface area contributed by atoms with Crippen LogP contribution < -0.4 is 15.8 Å². The van der Waals surface area contributed by atoms with Gasteiger partial charge in [0.2, 0.25) is 0 Å². The third kappa shape index (κ3) is 4.81. The number of para-hydroxylation sites is 1. The van der Waals surface area contributed by atoms with Crippen LogP contribution in [0.3, 0.4) is 0 Å². The third-order valence-corrected chi connectivity index (χ3v) is 3.20. The minimum absolute atomic E-state index is 0.0511. The Bertz CT molecular complexity index is 449. The van der Waals surface area contributed by atoms with E-state index in [1.54, 1.807) is 12.1 Å². The lowest BCUT2D eigenvalue weighted by Gasteiger charge is -2.18. The topological polar surface area (TPSA) is 64.3 Å². The van der Waals surface area contributed by atoms with Crippen LogP contribution in [0.4, 0.5) is 4.39 Å². The number of amides is 1. The van der Waals surface area contributed by atoms with Gasteiger partial charge in [0.05, 0.1) is 0 Å². The van der Waals surface area contributed by atoms with Gasteiger partial charge in [-0.3, -0.25) is 4.79 Å². The Kier molecular flexibility index (Phi) is 6.45. The second-order valence-electron chi connectivity index (χ2n) is 5.16. The van der Waals surface area contributed by atoms with Gasteiger partial charge in [0.1, 0.15) is 0 Å². The number of ether oxygens (including phenoxy) is 1. The summed E-state index contributed by atoms with van der Waals surface area (Å²) in [5.74, 6) is -0.278. The molecular weight excluding hydrogens is 259 g/mol. The third-order valence-electron chi connectivity index (χ3n) is 3.20. The molecule has 0 spiro atoms. The van der Waals surface area contributed by atoms with E-state index in [-0.39, 0.29) is 24.3 Å². The summed E-state index contributed by atoms with van der Waals surface area (Å²) in [6, 6.07) is 4.72. The van der Waals surface area contributed by atoms with Crippen molar-refractivity contribution in [1.82, 2.24) is 5.32 Å². The van der Waals surface area contributed by atoms with E-state index in [2.05, 4.69) is 5.32 Å². The van der Waals surface area contributed by atoms with Gasteiger partial charge < -0.3 is 15.8 Å². The molecule has 0 aromatic heterocycles. The van der Waals surface area contributed by atoms with Gasteiger partial charge in [-0.2, -0.15) is 0 Å². The van der Waals surface area contributed by atoms with Gasteiger partial charge in [0, 0.05) is 6.04 Å². The van der Waals surface area contributed by atoms with Crippen LogP contribution in [0.2, 0.25) is 0 Å². The Morgan fingerprint density at radius 2 is 2.10 bits per heavy atom. The van der Waals surface area contributed by atoms with Crippen molar-refractivity contribution in [3.05, 3.63) is 29.6 Å². The molecule has 20 heavy (non-hydrogen) atoms. The quantitative estimate of drug-likeness (QED) is 0.802. The fourth-order valence-corrected chi connectivity index (χ4v) is 1.67. The fraction of sp³-hybridized carbons (Fsp3) is 0.533. The minimum Gasteiger partial charge on any atom is -0.480 e. The van der Waals surface area contributed by atoms with Crippen LogP contribution in [-0.4, -0.2) is 25.1 Å². The molecule has 5 heteroatoms. The predicted octanol–water partition coefficient (Wildman–Crippen LogP) is 1.87. The SMILES string of the molecule is CC(C)C(C)NC(=O)COc1c(F)cccc1CCN. The molecule has 0 aliphatic heterocycles. The van der Waals surface area contributed by atoms with Crippen molar-refractivity contribution >= 4 is 5.91 Å². The van der Waals surface area contributed by atoms with Gasteiger partial charge in [-0.05, 0) is 37.4 Å². The van der Waals surface area contributed by atoms with Crippen molar-refractivity contribution in [3.8, 4) is 5.75 Å². The summed E-state index contributed by atoms with van der Waals surface area (Å²) in [6.45, 7) is 6.15. The van der Waals surface area contributed by atoms with Crippen molar-refractivity contribution in [2.75, 3.05) is 13.2 Å². The number of hydrogen-bond acceptors (Lipinski definition) is 3. The molecule has 0 aliphatic rings. The van der Waals surface area contributed by atoms with E-state index in [0.717, 1.165) is 0 Å². The van der Waals surface area contributed by atoms with Crippen LogP contribution >= 0.6 is 0 Å². The highest BCUT2D eigenvalue weighted by molar-refractivity contribution is 5.77. The molecule has 0 radical (unpaired) electrons. The van der Waals surface area contributed by atoms with E-state index in [1.165, 1.54) is 6.07 Å². The van der Waals surface area contributed by atoms with Gasteiger partial charge in [0.15, 0.2) is 18.2 Å². The molecule has 1 unspecified atom stereocenters. The Morgan fingerprint density at radius 3 is 2.70 bits per heavy atom. The smallest absolute Gasteiger partial charge is 0.258 e. The number of halogens is 1. The lowest BCUT2D eigenvalue weighted by molar-refractivity contribution is -0.124. The lowest BCUT2D eigenvalue weighted by Crippen LogP contribution is -2.39. The maximum absolute atomic E-state index is 13.7. The number of hydrogen-bond donors (Lipinski definition) is 2. The molecule has 0 fully saturated rings. The van der Waals surface area contributed by atoms with Crippen molar-refractivity contribution in [3.63, 3.8) is 0 Å². The summed E-state index contributed by atoms with van der Waals surface area (Å²) in [5, 5.41) is 2.81. The number of nitrogens with one attached hydrogen (secondary N) is 1. The first-order valence-electron chi connectivity index (χ1n) is 6.85. The Morgan fingerprint density at radius 1 is 1.40 bits per heavy atom. The molecule has 1 aromatic carbocycles. The standard InChI is InChI=1S/C15H23FN2O2/c1-10(2)11(3)18-14(19)9-20-15-12(7-8-17)5-4-6-13(15)16/h4-6,10-11H,7-9,17H2,1-3H3,(H,18,19). The zero-order valence-corrected chi connectivity index (χ0v) is 12.3. The molecule has 1 amide bonds. The maximum atomic E-state index is 13.7. The summed E-state index contributed by atoms with van der Waals surface area (Å²) < 4.78 is 19.0. The van der Waals surface area contributed by atoms with E-state index in [4.69, 9.17) is 10.5 Å². The molecular formula is C15H23FN2O2. The number of nitrogens with two attached hydrogens (primary N) is 1. The molecule has 1 rings (SSSR count). The van der Waals surface area contributed by atoms with Gasteiger partial charge >= 0.3 is 0 Å². The van der Waals surface area contributed by atoms with Crippen molar-refractivity contribution in [1.29, 1.82) is 0 Å². The molecule has 0 heterocycles. The molecule has 4 nitrogen and oxygen atoms in total. The molecule has 0 bridgehead atoms. The van der Waals surface area contributed by atoms with E-state index >= 15 is 0 Å². The van der Waals surface area contributed by atoms with Crippen LogP contribution in [0.25, 0.3) is 0 Å². The van der Waals surface area contributed by atoms with Crippen LogP contribution in [0, 0.1) is 11.7 Å². The summed E-state index contributed by atoms with van der Waals surface area (Å²) in [4.78, 5) is 11.7. The Hall–Kier alpha value is -1.62. The van der Waals surface area contributed by atoms with Crippen LogP contribution in [-0.2, 0) is 11.2 Å². The molecule has 1 atom stereocenters. The highest BCUT2D eigenvalue weighted by atomic mass is 19.1. The number of benzene rings is 1. The summed E-state index contributed by atoms with van der Waals surface area (Å²) in [7, 11) is 0. The zero-order chi connectivity index (χ0) is 15.1. The molecule has 0 aliphatic carbocycles. The van der Waals surface area contributed by atoms with Crippen LogP contribution in [0.1, 0.15) is 26.3 Å². The summed E-state index contributed by atoms with van der Waals surface area (Å²) in [6.07, 6.45) is 0.511. The minimum atomic E-state index is -0.472. The van der Waals surface area contributed by atoms with Crippen LogP contribution in [0.15, 0.2) is 18.2 Å². The predicted molar refractivity (Wildman–Crippen MR) is 77.1 cm³/mol. The Labute approximate surface area is 119 Å². The van der Waals surface area contributed by atoms with E-state index in [1.807, 2.05) is 20.8 Å². The Balaban J connectivity index is 2.63. The van der Waals surface area contributed by atoms with E-state index in [0.29, 0.717) is 24.4 Å². The van der Waals surface area contributed by atoms with Gasteiger partial charge in [-0.15, -0.1) is 0 Å². The fourth-order valence-electron chi connectivity index (χ4n) is 1.67. The zero-order valence-electron chi connectivity index (χ0n) is 12.3. The van der Waals surface area contributed by atoms with Gasteiger partial charge in [-0.25, -0.2) is 4.39 Å². The first-order valence-corrected chi connectivity index (χ1v) is 6.85. The first-order chi connectivity index (χ1) is 9.45. The van der Waals surface area contributed by atoms with E-state index < -0.39 is 5.82 Å². The summed E-state index contributed by atoms with van der Waals surface area (Å²) in [5.41, 5.74) is 6.16. The number of carbonyl (C=O) groups excluding carboxylic acids is 1. The molecule has 3 N–H and O–H groups in total. The van der Waals surface area contributed by atoms with Crippen LogP contribution in [0.5, 0.6) is 5.75 Å². The molecule has 0 saturated carbocycles. The number of rotatable bonds is 7. The second kappa shape index (κ2) is 7.85. The molecule has 1 aromatic rings.